The lowest BCUT2D eigenvalue weighted by Crippen LogP contribution is -2.35. The largest absolute Gasteiger partial charge is 0.488 e. The minimum atomic E-state index is -1.49. The van der Waals surface area contributed by atoms with Gasteiger partial charge in [-0.3, -0.25) is 0 Å². The first kappa shape index (κ1) is 16.3. The van der Waals surface area contributed by atoms with Crippen LogP contribution in [0.25, 0.3) is 0 Å². The maximum absolute atomic E-state index is 11.4. The molecule has 0 atom stereocenters. The molecule has 0 fully saturated rings. The summed E-state index contributed by atoms with van der Waals surface area (Å²) in [4.78, 5) is 11.4. The van der Waals surface area contributed by atoms with Crippen molar-refractivity contribution in [3.8, 4) is 0 Å². The normalized spacial score (nSPS) is 10.8. The van der Waals surface area contributed by atoms with Gasteiger partial charge in [0.05, 0.1) is 0 Å². The molecule has 1 aromatic rings. The lowest BCUT2D eigenvalue weighted by molar-refractivity contribution is 0.0530. The van der Waals surface area contributed by atoms with Crippen molar-refractivity contribution in [2.24, 2.45) is 0 Å². The first-order valence-corrected chi connectivity index (χ1v) is 6.45. The number of hydrogen-bond acceptors (Lipinski definition) is 5. The molecule has 0 aliphatic rings. The molecule has 1 amide bonds. The zero-order valence-corrected chi connectivity index (χ0v) is 12.0. The minimum Gasteiger partial charge on any atom is -0.444 e. The predicted octanol–water partition coefficient (Wildman–Crippen LogP) is 0.303. The molecule has 0 aliphatic heterocycles. The molecule has 7 heteroatoms. The van der Waals surface area contributed by atoms with Gasteiger partial charge in [-0.25, -0.2) is 4.79 Å². The van der Waals surface area contributed by atoms with Crippen LogP contribution in [0.3, 0.4) is 0 Å². The second-order valence-electron chi connectivity index (χ2n) is 5.35. The Morgan fingerprint density at radius 2 is 2.00 bits per heavy atom. The highest BCUT2D eigenvalue weighted by molar-refractivity contribution is 6.58. The second kappa shape index (κ2) is 7.16. The van der Waals surface area contributed by atoms with Gasteiger partial charge in [-0.15, -0.1) is 0 Å². The number of benzene rings is 1. The van der Waals surface area contributed by atoms with Gasteiger partial charge in [0.2, 0.25) is 0 Å². The smallest absolute Gasteiger partial charge is 0.444 e. The summed E-state index contributed by atoms with van der Waals surface area (Å²) < 4.78 is 5.10. The number of hydrogen-bond donors (Lipinski definition) is 4. The Morgan fingerprint density at radius 1 is 1.30 bits per heavy atom. The minimum absolute atomic E-state index is 0.404. The van der Waals surface area contributed by atoms with Gasteiger partial charge in [0, 0.05) is 18.8 Å². The summed E-state index contributed by atoms with van der Waals surface area (Å²) in [6, 6.07) is 6.78. The first-order valence-electron chi connectivity index (χ1n) is 6.45. The fraction of sp³-hybridized carbons (Fsp3) is 0.462. The Bertz CT molecular complexity index is 446. The number of carbonyl (C=O) groups is 1. The third-order valence-corrected chi connectivity index (χ3v) is 2.31. The zero-order chi connectivity index (χ0) is 15.2. The fourth-order valence-electron chi connectivity index (χ4n) is 1.49. The second-order valence-corrected chi connectivity index (χ2v) is 5.35. The SMILES string of the molecule is CC(C)(C)OC(=O)NCCNc1cccc(B(O)O)c1. The third-order valence-electron chi connectivity index (χ3n) is 2.31. The molecule has 4 N–H and O–H groups in total. The summed E-state index contributed by atoms with van der Waals surface area (Å²) in [6.07, 6.45) is -0.459. The highest BCUT2D eigenvalue weighted by Gasteiger charge is 2.15. The maximum atomic E-state index is 11.4. The van der Waals surface area contributed by atoms with Gasteiger partial charge in [0.1, 0.15) is 5.60 Å². The molecule has 0 aliphatic carbocycles. The van der Waals surface area contributed by atoms with E-state index in [1.807, 2.05) is 0 Å². The van der Waals surface area contributed by atoms with Crippen molar-refractivity contribution in [3.05, 3.63) is 24.3 Å². The Balaban J connectivity index is 2.31. The molecule has 0 spiro atoms. The van der Waals surface area contributed by atoms with E-state index in [1.165, 1.54) is 0 Å². The topological polar surface area (TPSA) is 90.8 Å². The maximum Gasteiger partial charge on any atom is 0.488 e. The van der Waals surface area contributed by atoms with Crippen LogP contribution in [0.15, 0.2) is 24.3 Å². The standard InChI is InChI=1S/C13H21BN2O4/c1-13(2,3)20-12(17)16-8-7-15-11-6-4-5-10(9-11)14(18)19/h4-6,9,15,18-19H,7-8H2,1-3H3,(H,16,17). The predicted molar refractivity (Wildman–Crippen MR) is 79.0 cm³/mol. The Labute approximate surface area is 119 Å². The lowest BCUT2D eigenvalue weighted by Gasteiger charge is -2.19. The van der Waals surface area contributed by atoms with Gasteiger partial charge in [-0.2, -0.15) is 0 Å². The molecule has 6 nitrogen and oxygen atoms in total. The number of amides is 1. The molecular formula is C13H21BN2O4. The number of ether oxygens (including phenoxy) is 1. The first-order chi connectivity index (χ1) is 9.28. The van der Waals surface area contributed by atoms with Crippen LogP contribution >= 0.6 is 0 Å². The van der Waals surface area contributed by atoms with E-state index in [-0.39, 0.29) is 0 Å². The number of nitrogens with one attached hydrogen (secondary N) is 2. The van der Waals surface area contributed by atoms with E-state index in [9.17, 15) is 4.79 Å². The number of alkyl carbamates (subject to hydrolysis) is 1. The van der Waals surface area contributed by atoms with E-state index in [2.05, 4.69) is 10.6 Å². The molecule has 0 radical (unpaired) electrons. The third kappa shape index (κ3) is 6.44. The zero-order valence-electron chi connectivity index (χ0n) is 12.0. The molecule has 0 aromatic heterocycles. The van der Waals surface area contributed by atoms with E-state index in [4.69, 9.17) is 14.8 Å². The summed E-state index contributed by atoms with van der Waals surface area (Å²) >= 11 is 0. The average molecular weight is 280 g/mol. The number of rotatable bonds is 5. The van der Waals surface area contributed by atoms with Crippen molar-refractivity contribution in [1.29, 1.82) is 0 Å². The fourth-order valence-corrected chi connectivity index (χ4v) is 1.49. The molecule has 0 unspecified atom stereocenters. The van der Waals surface area contributed by atoms with E-state index >= 15 is 0 Å². The van der Waals surface area contributed by atoms with Crippen LogP contribution in [0.5, 0.6) is 0 Å². The quantitative estimate of drug-likeness (QED) is 0.460. The highest BCUT2D eigenvalue weighted by atomic mass is 16.6. The van der Waals surface area contributed by atoms with Crippen LogP contribution < -0.4 is 16.1 Å². The van der Waals surface area contributed by atoms with Crippen LogP contribution in [-0.4, -0.2) is 42.0 Å². The van der Waals surface area contributed by atoms with E-state index in [1.54, 1.807) is 45.0 Å². The Kier molecular flexibility index (Phi) is 5.85. The van der Waals surface area contributed by atoms with Gasteiger partial charge >= 0.3 is 13.2 Å². The van der Waals surface area contributed by atoms with Gasteiger partial charge in [-0.05, 0) is 38.4 Å². The van der Waals surface area contributed by atoms with E-state index in [0.717, 1.165) is 5.69 Å². The Hall–Kier alpha value is -1.73. The molecule has 0 bridgehead atoms. The van der Waals surface area contributed by atoms with Gasteiger partial charge in [0.15, 0.2) is 0 Å². The van der Waals surface area contributed by atoms with Crippen molar-refractivity contribution >= 4 is 24.4 Å². The lowest BCUT2D eigenvalue weighted by atomic mass is 9.80. The molecule has 1 rings (SSSR count). The number of anilines is 1. The molecule has 20 heavy (non-hydrogen) atoms. The summed E-state index contributed by atoms with van der Waals surface area (Å²) in [6.45, 7) is 6.31. The highest BCUT2D eigenvalue weighted by Crippen LogP contribution is 2.06. The molecule has 0 heterocycles. The summed E-state index contributed by atoms with van der Waals surface area (Å²) in [5.74, 6) is 0. The Morgan fingerprint density at radius 3 is 2.60 bits per heavy atom. The molecule has 0 saturated carbocycles. The van der Waals surface area contributed by atoms with Gasteiger partial charge in [-0.1, -0.05) is 12.1 Å². The molecule has 1 aromatic carbocycles. The van der Waals surface area contributed by atoms with Crippen LogP contribution in [0.2, 0.25) is 0 Å². The van der Waals surface area contributed by atoms with E-state index in [0.29, 0.717) is 18.6 Å². The van der Waals surface area contributed by atoms with Crippen molar-refractivity contribution < 1.29 is 19.6 Å². The van der Waals surface area contributed by atoms with Gasteiger partial charge in [0.25, 0.3) is 0 Å². The summed E-state index contributed by atoms with van der Waals surface area (Å²) in [7, 11) is -1.49. The van der Waals surface area contributed by atoms with Crippen LogP contribution in [0.4, 0.5) is 10.5 Å². The molecule has 110 valence electrons. The monoisotopic (exact) mass is 280 g/mol. The van der Waals surface area contributed by atoms with Crippen molar-refractivity contribution in [1.82, 2.24) is 5.32 Å². The molecular weight excluding hydrogens is 259 g/mol. The van der Waals surface area contributed by atoms with Crippen molar-refractivity contribution in [2.45, 2.75) is 26.4 Å². The summed E-state index contributed by atoms with van der Waals surface area (Å²) in [5, 5.41) is 23.8. The molecule has 0 saturated heterocycles. The van der Waals surface area contributed by atoms with Crippen LogP contribution in [0, 0.1) is 0 Å². The van der Waals surface area contributed by atoms with E-state index < -0.39 is 18.8 Å². The van der Waals surface area contributed by atoms with Crippen LogP contribution in [-0.2, 0) is 4.74 Å². The van der Waals surface area contributed by atoms with Crippen molar-refractivity contribution in [2.75, 3.05) is 18.4 Å². The van der Waals surface area contributed by atoms with Gasteiger partial charge < -0.3 is 25.4 Å². The number of carbonyl (C=O) groups excluding carboxylic acids is 1. The van der Waals surface area contributed by atoms with Crippen LogP contribution in [0.1, 0.15) is 20.8 Å². The summed E-state index contributed by atoms with van der Waals surface area (Å²) in [5.41, 5.74) is 0.653. The average Bonchev–Trinajstić information content (AvgIpc) is 2.33. The van der Waals surface area contributed by atoms with Crippen molar-refractivity contribution in [3.63, 3.8) is 0 Å².